The Kier molecular flexibility index (Phi) is 5.51. The van der Waals surface area contributed by atoms with Crippen LogP contribution in [0.5, 0.6) is 0 Å². The van der Waals surface area contributed by atoms with E-state index in [1.54, 1.807) is 18.8 Å². The highest BCUT2D eigenvalue weighted by Gasteiger charge is 2.26. The highest BCUT2D eigenvalue weighted by atomic mass is 32.2. The quantitative estimate of drug-likeness (QED) is 0.765. The molecule has 3 nitrogen and oxygen atoms in total. The summed E-state index contributed by atoms with van der Waals surface area (Å²) < 4.78 is 0. The van der Waals surface area contributed by atoms with Gasteiger partial charge in [0, 0.05) is 10.9 Å². The second kappa shape index (κ2) is 6.67. The summed E-state index contributed by atoms with van der Waals surface area (Å²) in [5.41, 5.74) is 1.03. The molecule has 2 N–H and O–H groups in total. The zero-order valence-corrected chi connectivity index (χ0v) is 11.3. The Hall–Kier alpha value is -1.00. The van der Waals surface area contributed by atoms with Crippen LogP contribution in [0.2, 0.25) is 0 Å². The maximum absolute atomic E-state index is 11.2. The lowest BCUT2D eigenvalue weighted by Gasteiger charge is -2.23. The van der Waals surface area contributed by atoms with Crippen molar-refractivity contribution in [2.24, 2.45) is 5.92 Å². The van der Waals surface area contributed by atoms with Gasteiger partial charge in [0.25, 0.3) is 0 Å². The fourth-order valence-corrected chi connectivity index (χ4v) is 2.37. The first-order valence-electron chi connectivity index (χ1n) is 5.68. The van der Waals surface area contributed by atoms with Crippen LogP contribution < -0.4 is 5.32 Å². The molecule has 0 aliphatic heterocycles. The monoisotopic (exact) mass is 253 g/mol. The molecule has 1 aromatic rings. The summed E-state index contributed by atoms with van der Waals surface area (Å²) in [6.45, 7) is 1.90. The molecular weight excluding hydrogens is 234 g/mol. The second-order valence-corrected chi connectivity index (χ2v) is 4.77. The van der Waals surface area contributed by atoms with E-state index in [9.17, 15) is 9.90 Å². The first-order valence-corrected chi connectivity index (χ1v) is 6.90. The standard InChI is InChI=1S/C13H19NO2S/c1-4-11(13(15)16)12(14-2)9-5-7-10(17-3)8-6-9/h5-8,11-12,14H,4H2,1-3H3,(H,15,16). The molecule has 94 valence electrons. The van der Waals surface area contributed by atoms with Crippen LogP contribution in [0.3, 0.4) is 0 Å². The van der Waals surface area contributed by atoms with Crippen LogP contribution >= 0.6 is 11.8 Å². The van der Waals surface area contributed by atoms with Crippen LogP contribution in [0.25, 0.3) is 0 Å². The zero-order valence-electron chi connectivity index (χ0n) is 10.4. The van der Waals surface area contributed by atoms with Crippen LogP contribution in [-0.4, -0.2) is 24.4 Å². The number of carboxylic acids is 1. The van der Waals surface area contributed by atoms with Gasteiger partial charge >= 0.3 is 5.97 Å². The molecule has 17 heavy (non-hydrogen) atoms. The molecule has 2 unspecified atom stereocenters. The van der Waals surface area contributed by atoms with E-state index >= 15 is 0 Å². The van der Waals surface area contributed by atoms with E-state index in [1.165, 1.54) is 4.90 Å². The van der Waals surface area contributed by atoms with Gasteiger partial charge in [0.2, 0.25) is 0 Å². The third-order valence-corrected chi connectivity index (χ3v) is 3.69. The molecule has 0 radical (unpaired) electrons. The third-order valence-electron chi connectivity index (χ3n) is 2.95. The maximum atomic E-state index is 11.2. The molecule has 0 aromatic heterocycles. The lowest BCUT2D eigenvalue weighted by Crippen LogP contribution is -2.30. The lowest BCUT2D eigenvalue weighted by atomic mass is 9.91. The van der Waals surface area contributed by atoms with E-state index in [0.29, 0.717) is 6.42 Å². The van der Waals surface area contributed by atoms with Crippen molar-refractivity contribution >= 4 is 17.7 Å². The van der Waals surface area contributed by atoms with Gasteiger partial charge in [-0.05, 0) is 37.4 Å². The van der Waals surface area contributed by atoms with Crippen molar-refractivity contribution in [2.45, 2.75) is 24.3 Å². The maximum Gasteiger partial charge on any atom is 0.308 e. The van der Waals surface area contributed by atoms with Gasteiger partial charge < -0.3 is 10.4 Å². The van der Waals surface area contributed by atoms with Gasteiger partial charge in [-0.15, -0.1) is 11.8 Å². The van der Waals surface area contributed by atoms with Gasteiger partial charge in [-0.3, -0.25) is 4.79 Å². The molecule has 4 heteroatoms. The molecule has 0 bridgehead atoms. The Labute approximate surface area is 107 Å². The van der Waals surface area contributed by atoms with Gasteiger partial charge in [0.15, 0.2) is 0 Å². The van der Waals surface area contributed by atoms with Crippen LogP contribution in [0.1, 0.15) is 24.9 Å². The molecule has 1 aromatic carbocycles. The van der Waals surface area contributed by atoms with Gasteiger partial charge in [-0.25, -0.2) is 0 Å². The number of carboxylic acid groups (broad SMARTS) is 1. The minimum atomic E-state index is -0.749. The molecule has 0 amide bonds. The summed E-state index contributed by atoms with van der Waals surface area (Å²) in [6.07, 6.45) is 2.64. The van der Waals surface area contributed by atoms with Gasteiger partial charge in [-0.1, -0.05) is 19.1 Å². The van der Waals surface area contributed by atoms with Crippen molar-refractivity contribution < 1.29 is 9.90 Å². The van der Waals surface area contributed by atoms with Crippen molar-refractivity contribution in [3.63, 3.8) is 0 Å². The Bertz CT molecular complexity index is 364. The zero-order chi connectivity index (χ0) is 12.8. The predicted octanol–water partition coefficient (Wildman–Crippen LogP) is 2.78. The van der Waals surface area contributed by atoms with E-state index in [-0.39, 0.29) is 12.0 Å². The number of carbonyl (C=O) groups is 1. The summed E-state index contributed by atoms with van der Waals surface area (Å²) in [5, 5.41) is 12.3. The van der Waals surface area contributed by atoms with Gasteiger partial charge in [0.05, 0.1) is 5.92 Å². The number of benzene rings is 1. The molecule has 0 aliphatic rings. The lowest BCUT2D eigenvalue weighted by molar-refractivity contribution is -0.143. The number of rotatable bonds is 6. The minimum Gasteiger partial charge on any atom is -0.481 e. The number of nitrogens with one attached hydrogen (secondary N) is 1. The molecule has 2 atom stereocenters. The van der Waals surface area contributed by atoms with Crippen LogP contribution in [0, 0.1) is 5.92 Å². The molecule has 0 heterocycles. The fraction of sp³-hybridized carbons (Fsp3) is 0.462. The van der Waals surface area contributed by atoms with Crippen molar-refractivity contribution in [2.75, 3.05) is 13.3 Å². The number of thioether (sulfide) groups is 1. The van der Waals surface area contributed by atoms with Crippen molar-refractivity contribution in [3.05, 3.63) is 29.8 Å². The van der Waals surface area contributed by atoms with Crippen LogP contribution in [0.4, 0.5) is 0 Å². The average molecular weight is 253 g/mol. The minimum absolute atomic E-state index is 0.131. The Morgan fingerprint density at radius 2 is 2.00 bits per heavy atom. The molecular formula is C13H19NO2S. The van der Waals surface area contributed by atoms with E-state index in [0.717, 1.165) is 5.56 Å². The highest BCUT2D eigenvalue weighted by Crippen LogP contribution is 2.26. The second-order valence-electron chi connectivity index (χ2n) is 3.89. The molecule has 0 saturated carbocycles. The van der Waals surface area contributed by atoms with Gasteiger partial charge in [0.1, 0.15) is 0 Å². The summed E-state index contributed by atoms with van der Waals surface area (Å²) >= 11 is 1.68. The van der Waals surface area contributed by atoms with Crippen LogP contribution in [0.15, 0.2) is 29.2 Å². The molecule has 1 rings (SSSR count). The molecule has 0 saturated heterocycles. The Morgan fingerprint density at radius 1 is 1.41 bits per heavy atom. The summed E-state index contributed by atoms with van der Waals surface area (Å²) in [6, 6.07) is 7.92. The average Bonchev–Trinajstić information content (AvgIpc) is 2.35. The molecule has 0 fully saturated rings. The first-order chi connectivity index (χ1) is 8.13. The van der Waals surface area contributed by atoms with E-state index in [2.05, 4.69) is 5.32 Å². The Balaban J connectivity index is 2.95. The van der Waals surface area contributed by atoms with Crippen molar-refractivity contribution in [1.29, 1.82) is 0 Å². The summed E-state index contributed by atoms with van der Waals surface area (Å²) in [5.74, 6) is -1.14. The SMILES string of the molecule is CCC(C(=O)O)C(NC)c1ccc(SC)cc1. The Morgan fingerprint density at radius 3 is 2.35 bits per heavy atom. The summed E-state index contributed by atoms with van der Waals surface area (Å²) in [4.78, 5) is 12.4. The van der Waals surface area contributed by atoms with E-state index < -0.39 is 5.97 Å². The highest BCUT2D eigenvalue weighted by molar-refractivity contribution is 7.98. The van der Waals surface area contributed by atoms with E-state index in [1.807, 2.05) is 37.4 Å². The van der Waals surface area contributed by atoms with Crippen molar-refractivity contribution in [1.82, 2.24) is 5.32 Å². The normalized spacial score (nSPS) is 14.3. The number of aliphatic carboxylic acids is 1. The molecule has 0 spiro atoms. The molecule has 0 aliphatic carbocycles. The summed E-state index contributed by atoms with van der Waals surface area (Å²) in [7, 11) is 1.80. The third kappa shape index (κ3) is 3.48. The topological polar surface area (TPSA) is 49.3 Å². The fourth-order valence-electron chi connectivity index (χ4n) is 1.96. The van der Waals surface area contributed by atoms with Gasteiger partial charge in [-0.2, -0.15) is 0 Å². The first kappa shape index (κ1) is 14.1. The van der Waals surface area contributed by atoms with E-state index in [4.69, 9.17) is 0 Å². The largest absolute Gasteiger partial charge is 0.481 e. The smallest absolute Gasteiger partial charge is 0.308 e. The predicted molar refractivity (Wildman–Crippen MR) is 71.4 cm³/mol. The number of hydrogen-bond acceptors (Lipinski definition) is 3. The number of hydrogen-bond donors (Lipinski definition) is 2. The van der Waals surface area contributed by atoms with Crippen LogP contribution in [-0.2, 0) is 4.79 Å². The van der Waals surface area contributed by atoms with Crippen molar-refractivity contribution in [3.8, 4) is 0 Å².